The van der Waals surface area contributed by atoms with E-state index < -0.39 is 46.3 Å². The third-order valence-electron chi connectivity index (χ3n) is 4.29. The zero-order chi connectivity index (χ0) is 23.6. The van der Waals surface area contributed by atoms with E-state index in [2.05, 4.69) is 16.5 Å². The second kappa shape index (κ2) is 8.60. The van der Waals surface area contributed by atoms with E-state index in [1.807, 2.05) is 11.1 Å². The predicted molar refractivity (Wildman–Crippen MR) is 110 cm³/mol. The van der Waals surface area contributed by atoms with E-state index in [9.17, 15) is 23.2 Å². The molecule has 1 aromatic carbocycles. The fourth-order valence-corrected chi connectivity index (χ4v) is 2.87. The lowest BCUT2D eigenvalue weighted by Gasteiger charge is -2.20. The van der Waals surface area contributed by atoms with Gasteiger partial charge in [-0.1, -0.05) is 18.2 Å². The van der Waals surface area contributed by atoms with Gasteiger partial charge in [0, 0.05) is 11.2 Å². The molecule has 0 atom stereocenters. The Bertz CT molecular complexity index is 1440. The summed E-state index contributed by atoms with van der Waals surface area (Å²) in [6, 6.07) is 5.59. The Kier molecular flexibility index (Phi) is 6.09. The monoisotopic (exact) mass is 461 g/mol. The maximum absolute atomic E-state index is 14.8. The maximum Gasteiger partial charge on any atom is 0.325 e. The number of nitrogens with one attached hydrogen (secondary N) is 2. The minimum Gasteiger partial charge on any atom is -0.449 e. The number of ether oxygens (including phenoxy) is 1. The van der Waals surface area contributed by atoms with E-state index in [0.29, 0.717) is 0 Å². The van der Waals surface area contributed by atoms with Crippen LogP contribution in [0.3, 0.4) is 0 Å². The van der Waals surface area contributed by atoms with Crippen LogP contribution in [-0.2, 0) is 12.5 Å². The van der Waals surface area contributed by atoms with E-state index in [4.69, 9.17) is 21.6 Å². The Morgan fingerprint density at radius 2 is 2.06 bits per heavy atom. The molecule has 3 aromatic rings. The molecule has 0 aliphatic rings. The molecule has 0 saturated heterocycles. The fourth-order valence-electron chi connectivity index (χ4n) is 2.64. The highest BCUT2D eigenvalue weighted by Gasteiger charge is 2.39. The van der Waals surface area contributed by atoms with Crippen LogP contribution < -0.4 is 21.5 Å². The van der Waals surface area contributed by atoms with Gasteiger partial charge < -0.3 is 9.72 Å². The van der Waals surface area contributed by atoms with Gasteiger partial charge in [0.15, 0.2) is 5.69 Å². The molecule has 0 bridgehead atoms. The lowest BCUT2D eigenvalue weighted by Crippen LogP contribution is -2.31. The summed E-state index contributed by atoms with van der Waals surface area (Å²) in [6.07, 6.45) is 1.91. The van der Waals surface area contributed by atoms with Crippen molar-refractivity contribution in [1.29, 1.82) is 5.26 Å². The SMILES string of the molecule is C=C(C)C(F)(F)c1ncn(Cc2c[nH]c(=O)[nH]c2=O)c(=O)c1Oc1cc(Cl)cc(C#N)c1. The standard InChI is InChI=1S/C20H14ClF2N5O4/c1-10(2)20(22,23)16-15(32-14-4-11(6-24)3-13(21)5-14)18(30)28(9-26-16)8-12-7-25-19(31)27-17(12)29/h3-5,7,9H,1,8H2,2H3,(H2,25,27,29,31). The normalized spacial score (nSPS) is 11.1. The van der Waals surface area contributed by atoms with Gasteiger partial charge in [0.25, 0.3) is 11.1 Å². The summed E-state index contributed by atoms with van der Waals surface area (Å²) in [5.41, 5.74) is -4.11. The first-order valence-electron chi connectivity index (χ1n) is 8.86. The van der Waals surface area contributed by atoms with Gasteiger partial charge >= 0.3 is 11.6 Å². The number of halogens is 3. The lowest BCUT2D eigenvalue weighted by atomic mass is 10.1. The minimum absolute atomic E-state index is 0.0339. The third-order valence-corrected chi connectivity index (χ3v) is 4.51. The number of rotatable bonds is 6. The first-order chi connectivity index (χ1) is 15.0. The average molecular weight is 462 g/mol. The Hall–Kier alpha value is -4.04. The zero-order valence-electron chi connectivity index (χ0n) is 16.4. The van der Waals surface area contributed by atoms with E-state index in [1.54, 1.807) is 0 Å². The van der Waals surface area contributed by atoms with Crippen LogP contribution in [0.2, 0.25) is 5.02 Å². The molecule has 0 amide bonds. The highest BCUT2D eigenvalue weighted by atomic mass is 35.5. The highest BCUT2D eigenvalue weighted by molar-refractivity contribution is 6.30. The lowest BCUT2D eigenvalue weighted by molar-refractivity contribution is 0.0309. The summed E-state index contributed by atoms with van der Waals surface area (Å²) in [5, 5.41) is 9.17. The predicted octanol–water partition coefficient (Wildman–Crippen LogP) is 2.65. The summed E-state index contributed by atoms with van der Waals surface area (Å²) in [4.78, 5) is 44.1. The number of nitrogens with zero attached hydrogens (tertiary/aromatic N) is 3. The zero-order valence-corrected chi connectivity index (χ0v) is 17.2. The molecular formula is C20H14ClF2N5O4. The molecule has 3 rings (SSSR count). The molecule has 2 aromatic heterocycles. The summed E-state index contributed by atoms with van der Waals surface area (Å²) in [5.74, 6) is -4.71. The molecule has 0 aliphatic heterocycles. The summed E-state index contributed by atoms with van der Waals surface area (Å²) in [6.45, 7) is 3.90. The van der Waals surface area contributed by atoms with Crippen LogP contribution >= 0.6 is 11.6 Å². The largest absolute Gasteiger partial charge is 0.449 e. The van der Waals surface area contributed by atoms with Crippen LogP contribution in [0.15, 0.2) is 57.3 Å². The molecule has 9 nitrogen and oxygen atoms in total. The van der Waals surface area contributed by atoms with Gasteiger partial charge in [-0.25, -0.2) is 9.78 Å². The molecule has 2 heterocycles. The molecule has 0 spiro atoms. The Morgan fingerprint density at radius 1 is 1.34 bits per heavy atom. The Balaban J connectivity index is 2.18. The number of alkyl halides is 2. The molecule has 164 valence electrons. The smallest absolute Gasteiger partial charge is 0.325 e. The number of aromatic nitrogens is 4. The third kappa shape index (κ3) is 4.50. The highest BCUT2D eigenvalue weighted by Crippen LogP contribution is 2.38. The Labute approximate surface area is 183 Å². The van der Waals surface area contributed by atoms with Crippen molar-refractivity contribution in [3.05, 3.63) is 95.9 Å². The van der Waals surface area contributed by atoms with Crippen LogP contribution in [0.1, 0.15) is 23.7 Å². The van der Waals surface area contributed by atoms with Crippen molar-refractivity contribution in [3.8, 4) is 17.6 Å². The molecule has 32 heavy (non-hydrogen) atoms. The van der Waals surface area contributed by atoms with Gasteiger partial charge in [0.2, 0.25) is 5.75 Å². The van der Waals surface area contributed by atoms with E-state index >= 15 is 0 Å². The van der Waals surface area contributed by atoms with Crippen molar-refractivity contribution >= 4 is 11.6 Å². The van der Waals surface area contributed by atoms with Gasteiger partial charge in [-0.2, -0.15) is 14.0 Å². The molecule has 2 N–H and O–H groups in total. The van der Waals surface area contributed by atoms with Gasteiger partial charge in [0.1, 0.15) is 5.75 Å². The van der Waals surface area contributed by atoms with Crippen LogP contribution in [0.5, 0.6) is 11.5 Å². The molecule has 0 unspecified atom stereocenters. The average Bonchev–Trinajstić information content (AvgIpc) is 2.72. The minimum atomic E-state index is -3.72. The van der Waals surface area contributed by atoms with Gasteiger partial charge in [-0.3, -0.25) is 19.1 Å². The molecule has 12 heteroatoms. The number of nitriles is 1. The van der Waals surface area contributed by atoms with Crippen molar-refractivity contribution in [2.45, 2.75) is 19.4 Å². The van der Waals surface area contributed by atoms with E-state index in [1.165, 1.54) is 18.2 Å². The number of H-pyrrole nitrogens is 2. The first-order valence-corrected chi connectivity index (χ1v) is 9.24. The van der Waals surface area contributed by atoms with E-state index in [0.717, 1.165) is 24.0 Å². The summed E-state index contributed by atoms with van der Waals surface area (Å²) >= 11 is 5.92. The number of aromatic amines is 2. The topological polar surface area (TPSA) is 134 Å². The second-order valence-electron chi connectivity index (χ2n) is 6.70. The van der Waals surface area contributed by atoms with Crippen molar-refractivity contribution < 1.29 is 13.5 Å². The molecule has 0 radical (unpaired) electrons. The van der Waals surface area contributed by atoms with Crippen LogP contribution in [0.4, 0.5) is 8.78 Å². The van der Waals surface area contributed by atoms with Gasteiger partial charge in [-0.05, 0) is 30.7 Å². The van der Waals surface area contributed by atoms with Crippen LogP contribution in [0.25, 0.3) is 0 Å². The number of hydrogen-bond acceptors (Lipinski definition) is 6. The van der Waals surface area contributed by atoms with E-state index in [-0.39, 0.29) is 21.9 Å². The Morgan fingerprint density at radius 3 is 2.69 bits per heavy atom. The number of hydrogen-bond donors (Lipinski definition) is 2. The number of benzene rings is 1. The van der Waals surface area contributed by atoms with Crippen molar-refractivity contribution in [2.24, 2.45) is 0 Å². The van der Waals surface area contributed by atoms with Crippen LogP contribution in [-0.4, -0.2) is 19.5 Å². The van der Waals surface area contributed by atoms with Crippen molar-refractivity contribution in [3.63, 3.8) is 0 Å². The van der Waals surface area contributed by atoms with Gasteiger partial charge in [0.05, 0.1) is 30.1 Å². The first kappa shape index (κ1) is 22.6. The van der Waals surface area contributed by atoms with Crippen LogP contribution in [0, 0.1) is 11.3 Å². The summed E-state index contributed by atoms with van der Waals surface area (Å²) in [7, 11) is 0. The molecule has 0 aliphatic carbocycles. The molecule has 0 saturated carbocycles. The second-order valence-corrected chi connectivity index (χ2v) is 7.13. The summed E-state index contributed by atoms with van der Waals surface area (Å²) < 4.78 is 35.8. The van der Waals surface area contributed by atoms with Gasteiger partial charge in [-0.15, -0.1) is 0 Å². The van der Waals surface area contributed by atoms with Crippen molar-refractivity contribution in [2.75, 3.05) is 0 Å². The molecular weight excluding hydrogens is 448 g/mol. The number of allylic oxidation sites excluding steroid dienone is 1. The van der Waals surface area contributed by atoms with Crippen molar-refractivity contribution in [1.82, 2.24) is 19.5 Å². The molecule has 0 fully saturated rings. The quantitative estimate of drug-likeness (QED) is 0.542. The fraction of sp³-hybridized carbons (Fsp3) is 0.150. The maximum atomic E-state index is 14.8.